The van der Waals surface area contributed by atoms with Crippen LogP contribution < -0.4 is 5.32 Å². The van der Waals surface area contributed by atoms with Crippen LogP contribution in [-0.2, 0) is 9.47 Å². The van der Waals surface area contributed by atoms with E-state index in [2.05, 4.69) is 5.32 Å². The Hall–Kier alpha value is -0.910. The molecular weight excluding hydrogens is 238 g/mol. The number of ether oxygens (including phenoxy) is 2. The Morgan fingerprint density at radius 3 is 2.47 bits per heavy atom. The molecule has 0 fully saturated rings. The fourth-order valence-corrected chi connectivity index (χ4v) is 2.23. The van der Waals surface area contributed by atoms with Crippen molar-refractivity contribution in [3.63, 3.8) is 0 Å². The summed E-state index contributed by atoms with van der Waals surface area (Å²) in [7, 11) is 0. The molecule has 0 spiro atoms. The fraction of sp³-hybridized carbons (Fsp3) is 0.583. The molecule has 0 aliphatic rings. The predicted molar refractivity (Wildman–Crippen MR) is 68.4 cm³/mol. The highest BCUT2D eigenvalue weighted by Crippen LogP contribution is 2.13. The summed E-state index contributed by atoms with van der Waals surface area (Å²) in [4.78, 5) is 11.8. The smallest absolute Gasteiger partial charge is 0.252 e. The van der Waals surface area contributed by atoms with Gasteiger partial charge in [0.1, 0.15) is 0 Å². The molecule has 0 aliphatic carbocycles. The van der Waals surface area contributed by atoms with Gasteiger partial charge in [-0.1, -0.05) is 0 Å². The van der Waals surface area contributed by atoms with Crippen molar-refractivity contribution in [2.45, 2.75) is 27.1 Å². The maximum atomic E-state index is 11.8. The number of rotatable bonds is 7. The van der Waals surface area contributed by atoms with Crippen molar-refractivity contribution in [1.82, 2.24) is 5.32 Å². The Morgan fingerprint density at radius 1 is 1.35 bits per heavy atom. The van der Waals surface area contributed by atoms with Crippen LogP contribution in [0, 0.1) is 6.92 Å². The van der Waals surface area contributed by atoms with Gasteiger partial charge in [-0.15, -0.1) is 0 Å². The molecule has 1 heterocycles. The van der Waals surface area contributed by atoms with E-state index in [0.717, 1.165) is 11.1 Å². The first-order valence-electron chi connectivity index (χ1n) is 5.73. The van der Waals surface area contributed by atoms with Crippen molar-refractivity contribution in [3.8, 4) is 0 Å². The molecule has 1 rings (SSSR count). The summed E-state index contributed by atoms with van der Waals surface area (Å²) < 4.78 is 10.7. The number of amides is 1. The minimum Gasteiger partial charge on any atom is -0.351 e. The molecule has 0 atom stereocenters. The number of thiophene rings is 1. The van der Waals surface area contributed by atoms with Gasteiger partial charge in [-0.05, 0) is 31.7 Å². The normalized spacial score (nSPS) is 10.8. The van der Waals surface area contributed by atoms with Crippen LogP contribution in [0.5, 0.6) is 0 Å². The standard InChI is InChI=1S/C12H19NO3S/c1-4-15-11(16-5-2)6-13-12(14)10-8-17-7-9(10)3/h7-8,11H,4-6H2,1-3H3,(H,13,14). The second-order valence-corrected chi connectivity index (χ2v) is 4.26. The lowest BCUT2D eigenvalue weighted by molar-refractivity contribution is -0.131. The van der Waals surface area contributed by atoms with Gasteiger partial charge in [-0.25, -0.2) is 0 Å². The largest absolute Gasteiger partial charge is 0.351 e. The SMILES string of the molecule is CCOC(CNC(=O)c1cscc1C)OCC. The van der Waals surface area contributed by atoms with E-state index in [1.807, 2.05) is 31.5 Å². The molecule has 1 N–H and O–H groups in total. The summed E-state index contributed by atoms with van der Waals surface area (Å²) >= 11 is 1.53. The molecular formula is C12H19NO3S. The van der Waals surface area contributed by atoms with Crippen molar-refractivity contribution in [1.29, 1.82) is 0 Å². The fourth-order valence-electron chi connectivity index (χ4n) is 1.40. The second-order valence-electron chi connectivity index (χ2n) is 3.52. The van der Waals surface area contributed by atoms with E-state index < -0.39 is 0 Å². The van der Waals surface area contributed by atoms with E-state index in [1.54, 1.807) is 0 Å². The zero-order chi connectivity index (χ0) is 12.7. The summed E-state index contributed by atoms with van der Waals surface area (Å²) in [5.41, 5.74) is 1.72. The summed E-state index contributed by atoms with van der Waals surface area (Å²) in [6, 6.07) is 0. The Bertz CT molecular complexity index is 345. The van der Waals surface area contributed by atoms with Gasteiger partial charge in [0.05, 0.1) is 12.1 Å². The average molecular weight is 257 g/mol. The molecule has 1 amide bonds. The van der Waals surface area contributed by atoms with Crippen LogP contribution in [0.1, 0.15) is 29.8 Å². The predicted octanol–water partition coefficient (Wildman–Crippen LogP) is 2.19. The van der Waals surface area contributed by atoms with Crippen LogP contribution in [0.3, 0.4) is 0 Å². The van der Waals surface area contributed by atoms with Crippen LogP contribution in [0.4, 0.5) is 0 Å². The lowest BCUT2D eigenvalue weighted by Crippen LogP contribution is -2.35. The summed E-state index contributed by atoms with van der Waals surface area (Å²) in [6.07, 6.45) is -0.368. The first kappa shape index (κ1) is 14.2. The van der Waals surface area contributed by atoms with Gasteiger partial charge in [0.25, 0.3) is 5.91 Å². The first-order valence-corrected chi connectivity index (χ1v) is 6.67. The molecule has 0 bridgehead atoms. The van der Waals surface area contributed by atoms with Crippen molar-refractivity contribution in [2.75, 3.05) is 19.8 Å². The number of carbonyl (C=O) groups is 1. The monoisotopic (exact) mass is 257 g/mol. The van der Waals surface area contributed by atoms with Gasteiger partial charge in [-0.2, -0.15) is 11.3 Å². The maximum Gasteiger partial charge on any atom is 0.252 e. The van der Waals surface area contributed by atoms with Crippen molar-refractivity contribution in [3.05, 3.63) is 21.9 Å². The number of hydrogen-bond donors (Lipinski definition) is 1. The molecule has 1 aromatic heterocycles. The Labute approximate surface area is 106 Å². The molecule has 0 saturated carbocycles. The Morgan fingerprint density at radius 2 is 2.00 bits per heavy atom. The molecule has 17 heavy (non-hydrogen) atoms. The first-order chi connectivity index (χ1) is 8.19. The van der Waals surface area contributed by atoms with E-state index in [4.69, 9.17) is 9.47 Å². The van der Waals surface area contributed by atoms with Gasteiger partial charge in [0.15, 0.2) is 6.29 Å². The van der Waals surface area contributed by atoms with E-state index >= 15 is 0 Å². The third-order valence-electron chi connectivity index (χ3n) is 2.23. The van der Waals surface area contributed by atoms with Gasteiger partial charge in [0.2, 0.25) is 0 Å². The number of nitrogens with one attached hydrogen (secondary N) is 1. The number of carbonyl (C=O) groups excluding carboxylic acids is 1. The minimum atomic E-state index is -0.368. The number of aryl methyl sites for hydroxylation is 1. The molecule has 96 valence electrons. The van der Waals surface area contributed by atoms with E-state index in [-0.39, 0.29) is 12.2 Å². The van der Waals surface area contributed by atoms with Crippen LogP contribution in [-0.4, -0.2) is 32.0 Å². The molecule has 0 saturated heterocycles. The molecule has 4 nitrogen and oxygen atoms in total. The van der Waals surface area contributed by atoms with E-state index in [9.17, 15) is 4.79 Å². The van der Waals surface area contributed by atoms with Crippen LogP contribution in [0.25, 0.3) is 0 Å². The van der Waals surface area contributed by atoms with E-state index in [0.29, 0.717) is 19.8 Å². The van der Waals surface area contributed by atoms with E-state index in [1.165, 1.54) is 11.3 Å². The molecule has 0 aromatic carbocycles. The Kier molecular flexibility index (Phi) is 6.18. The summed E-state index contributed by atoms with van der Waals surface area (Å²) in [5, 5.41) is 6.62. The van der Waals surface area contributed by atoms with Gasteiger partial charge in [0, 0.05) is 18.6 Å². The molecule has 1 aromatic rings. The van der Waals surface area contributed by atoms with Gasteiger partial charge >= 0.3 is 0 Å². The second kappa shape index (κ2) is 7.42. The third kappa shape index (κ3) is 4.46. The minimum absolute atomic E-state index is 0.0758. The lowest BCUT2D eigenvalue weighted by Gasteiger charge is -2.17. The molecule has 0 radical (unpaired) electrons. The quantitative estimate of drug-likeness (QED) is 0.762. The van der Waals surface area contributed by atoms with Crippen molar-refractivity contribution >= 4 is 17.2 Å². The highest BCUT2D eigenvalue weighted by Gasteiger charge is 2.13. The summed E-state index contributed by atoms with van der Waals surface area (Å²) in [6.45, 7) is 7.23. The van der Waals surface area contributed by atoms with Crippen LogP contribution >= 0.6 is 11.3 Å². The maximum absolute atomic E-state index is 11.8. The molecule has 5 heteroatoms. The molecule has 0 aliphatic heterocycles. The Balaban J connectivity index is 2.43. The highest BCUT2D eigenvalue weighted by atomic mass is 32.1. The zero-order valence-corrected chi connectivity index (χ0v) is 11.3. The van der Waals surface area contributed by atoms with Gasteiger partial charge in [-0.3, -0.25) is 4.79 Å². The zero-order valence-electron chi connectivity index (χ0n) is 10.5. The van der Waals surface area contributed by atoms with Crippen molar-refractivity contribution in [2.24, 2.45) is 0 Å². The van der Waals surface area contributed by atoms with Crippen LogP contribution in [0.2, 0.25) is 0 Å². The highest BCUT2D eigenvalue weighted by molar-refractivity contribution is 7.08. The van der Waals surface area contributed by atoms with Gasteiger partial charge < -0.3 is 14.8 Å². The molecule has 0 unspecified atom stereocenters. The third-order valence-corrected chi connectivity index (χ3v) is 3.10. The van der Waals surface area contributed by atoms with Crippen LogP contribution in [0.15, 0.2) is 10.8 Å². The topological polar surface area (TPSA) is 47.6 Å². The van der Waals surface area contributed by atoms with Crippen molar-refractivity contribution < 1.29 is 14.3 Å². The summed E-state index contributed by atoms with van der Waals surface area (Å²) in [5.74, 6) is -0.0758. The number of hydrogen-bond acceptors (Lipinski definition) is 4. The average Bonchev–Trinajstić information content (AvgIpc) is 2.72. The lowest BCUT2D eigenvalue weighted by atomic mass is 10.2.